The number of Topliss-reactive ketones (excluding diaryl/α,β-unsaturated/α-hetero) is 2. The van der Waals surface area contributed by atoms with Gasteiger partial charge in [-0.05, 0) is 41.3 Å². The number of allylic oxidation sites excluding steroid dienone is 6. The van der Waals surface area contributed by atoms with Crippen molar-refractivity contribution in [1.82, 2.24) is 4.57 Å². The molecule has 7 rings (SSSR count). The van der Waals surface area contributed by atoms with Gasteiger partial charge in [-0.25, -0.2) is 0 Å². The Morgan fingerprint density at radius 2 is 1.10 bits per heavy atom. The third-order valence-corrected chi connectivity index (χ3v) is 11.2. The lowest BCUT2D eigenvalue weighted by Crippen LogP contribution is -2.05. The Morgan fingerprint density at radius 1 is 0.708 bits per heavy atom. The fraction of sp³-hybridized carbons (Fsp3) is 0.128. The van der Waals surface area contributed by atoms with E-state index in [2.05, 4.69) is 30.5 Å². The molecule has 0 spiro atoms. The molecule has 0 saturated carbocycles. The zero-order valence-corrected chi connectivity index (χ0v) is 27.4. The molecule has 0 N–H and O–H groups in total. The number of benzene rings is 2. The number of thiophene rings is 2. The molecule has 1 unspecified atom stereocenters. The maximum atomic E-state index is 13.6. The molecule has 0 saturated heterocycles. The summed E-state index contributed by atoms with van der Waals surface area (Å²) >= 11 is 3.05. The third-order valence-electron chi connectivity index (χ3n) is 8.87. The molecule has 5 aromatic rings. The SMILES string of the molecule is CCC(C)Cn1c2cc(/C=C3\C(=O)c4ccccc4C3=C(C#N)C#N)sc2c2sc(/C=C3\C(=O)c4ccccc4C3=C(C#N)C#N)cc21. The van der Waals surface area contributed by atoms with Crippen molar-refractivity contribution in [2.75, 3.05) is 0 Å². The predicted molar refractivity (Wildman–Crippen MR) is 188 cm³/mol. The van der Waals surface area contributed by atoms with Gasteiger partial charge in [-0.3, -0.25) is 9.59 Å². The summed E-state index contributed by atoms with van der Waals surface area (Å²) in [4.78, 5) is 28.8. The Labute approximate surface area is 284 Å². The second-order valence-corrected chi connectivity index (χ2v) is 13.8. The number of carbonyl (C=O) groups is 2. The molecule has 0 radical (unpaired) electrons. The van der Waals surface area contributed by atoms with Crippen LogP contribution in [-0.2, 0) is 6.54 Å². The van der Waals surface area contributed by atoms with Gasteiger partial charge in [-0.1, -0.05) is 68.8 Å². The van der Waals surface area contributed by atoms with Crippen LogP contribution in [0.5, 0.6) is 0 Å². The highest BCUT2D eigenvalue weighted by atomic mass is 32.1. The average Bonchev–Trinajstić information content (AvgIpc) is 3.89. The predicted octanol–water partition coefficient (Wildman–Crippen LogP) is 9.12. The molecular formula is C39H23N5O2S2. The Bertz CT molecular complexity index is 2370. The summed E-state index contributed by atoms with van der Waals surface area (Å²) in [6.07, 6.45) is 4.54. The molecular weight excluding hydrogens is 635 g/mol. The molecule has 1 atom stereocenters. The molecule has 3 aromatic heterocycles. The minimum Gasteiger partial charge on any atom is -0.339 e. The summed E-state index contributed by atoms with van der Waals surface area (Å²) < 4.78 is 4.32. The van der Waals surface area contributed by atoms with Gasteiger partial charge < -0.3 is 4.57 Å². The van der Waals surface area contributed by atoms with Crippen LogP contribution in [0.4, 0.5) is 0 Å². The first kappa shape index (κ1) is 30.5. The largest absolute Gasteiger partial charge is 0.339 e. The second-order valence-electron chi connectivity index (χ2n) is 11.7. The summed E-state index contributed by atoms with van der Waals surface area (Å²) in [5, 5.41) is 39.0. The van der Waals surface area contributed by atoms with Gasteiger partial charge in [0.05, 0.1) is 20.4 Å². The number of hydrogen-bond acceptors (Lipinski definition) is 8. The summed E-state index contributed by atoms with van der Waals surface area (Å²) in [6, 6.07) is 26.1. The number of aromatic nitrogens is 1. The van der Waals surface area contributed by atoms with Crippen LogP contribution in [0.15, 0.2) is 83.0 Å². The monoisotopic (exact) mass is 657 g/mol. The van der Waals surface area contributed by atoms with Crippen molar-refractivity contribution in [3.63, 3.8) is 0 Å². The lowest BCUT2D eigenvalue weighted by Gasteiger charge is -2.11. The van der Waals surface area contributed by atoms with E-state index in [0.717, 1.165) is 43.2 Å². The van der Waals surface area contributed by atoms with E-state index < -0.39 is 0 Å². The van der Waals surface area contributed by atoms with Gasteiger partial charge in [0.15, 0.2) is 11.6 Å². The Hall–Kier alpha value is -6.10. The topological polar surface area (TPSA) is 134 Å². The third kappa shape index (κ3) is 4.65. The van der Waals surface area contributed by atoms with Gasteiger partial charge in [-0.15, -0.1) is 22.7 Å². The highest BCUT2D eigenvalue weighted by Crippen LogP contribution is 2.46. The van der Waals surface area contributed by atoms with Crippen molar-refractivity contribution < 1.29 is 9.59 Å². The number of hydrogen-bond donors (Lipinski definition) is 0. The van der Waals surface area contributed by atoms with Crippen LogP contribution < -0.4 is 0 Å². The molecule has 2 aromatic carbocycles. The fourth-order valence-corrected chi connectivity index (χ4v) is 8.77. The van der Waals surface area contributed by atoms with Crippen LogP contribution in [-0.4, -0.2) is 16.1 Å². The van der Waals surface area contributed by atoms with Crippen LogP contribution in [0.25, 0.3) is 43.7 Å². The van der Waals surface area contributed by atoms with Crippen molar-refractivity contribution in [3.8, 4) is 24.3 Å². The number of ketones is 2. The number of carbonyl (C=O) groups excluding carboxylic acids is 2. The van der Waals surface area contributed by atoms with Gasteiger partial charge in [0.2, 0.25) is 0 Å². The summed E-state index contributed by atoms with van der Waals surface area (Å²) in [7, 11) is 0. The van der Waals surface area contributed by atoms with Crippen molar-refractivity contribution in [1.29, 1.82) is 21.0 Å². The quantitative estimate of drug-likeness (QED) is 0.137. The van der Waals surface area contributed by atoms with Crippen LogP contribution in [0.3, 0.4) is 0 Å². The zero-order valence-electron chi connectivity index (χ0n) is 25.8. The molecule has 2 aliphatic rings. The first-order valence-electron chi connectivity index (χ1n) is 15.2. The molecule has 0 bridgehead atoms. The standard InChI is InChI=1S/C39H23N5O2S2/c1-3-21(2)20-44-32-14-24(12-30-34(22(16-40)17-41)26-8-4-6-10-28(26)36(30)45)47-38(32)39-33(44)15-25(48-39)13-31-35(23(18-42)19-43)27-9-5-7-11-29(27)37(31)46/h4-15,21H,3,20H2,1-2H3/b30-12-,31-13-. The minimum absolute atomic E-state index is 0.103. The number of nitrogens with zero attached hydrogens (tertiary/aromatic N) is 5. The van der Waals surface area contributed by atoms with E-state index in [9.17, 15) is 30.6 Å². The van der Waals surface area contributed by atoms with Gasteiger partial charge in [0.25, 0.3) is 0 Å². The maximum Gasteiger partial charge on any atom is 0.194 e. The van der Waals surface area contributed by atoms with Crippen LogP contribution in [0, 0.1) is 51.2 Å². The van der Waals surface area contributed by atoms with Crippen LogP contribution in [0.2, 0.25) is 0 Å². The average molecular weight is 658 g/mol. The summed E-state index contributed by atoms with van der Waals surface area (Å²) in [6.45, 7) is 5.09. The maximum absolute atomic E-state index is 13.6. The highest BCUT2D eigenvalue weighted by molar-refractivity contribution is 7.28. The van der Waals surface area contributed by atoms with Crippen molar-refractivity contribution >= 4 is 78.0 Å². The number of nitriles is 4. The molecule has 228 valence electrons. The van der Waals surface area contributed by atoms with E-state index in [1.807, 2.05) is 24.3 Å². The van der Waals surface area contributed by atoms with Gasteiger partial charge in [0.1, 0.15) is 35.4 Å². The molecule has 2 aliphatic carbocycles. The summed E-state index contributed by atoms with van der Waals surface area (Å²) in [5.74, 6) is -0.0743. The minimum atomic E-state index is -0.223. The van der Waals surface area contributed by atoms with Gasteiger partial charge in [0, 0.05) is 49.7 Å². The van der Waals surface area contributed by atoms with Gasteiger partial charge in [-0.2, -0.15) is 21.0 Å². The van der Waals surface area contributed by atoms with Gasteiger partial charge >= 0.3 is 0 Å². The molecule has 0 amide bonds. The normalized spacial score (nSPS) is 15.8. The molecule has 7 nitrogen and oxygen atoms in total. The molecule has 0 fully saturated rings. The first-order valence-corrected chi connectivity index (χ1v) is 16.8. The number of rotatable bonds is 5. The Morgan fingerprint density at radius 3 is 1.48 bits per heavy atom. The summed E-state index contributed by atoms with van der Waals surface area (Å²) in [5.41, 5.74) is 5.29. The van der Waals surface area contributed by atoms with E-state index in [1.165, 1.54) is 22.7 Å². The molecule has 0 aliphatic heterocycles. The Balaban J connectivity index is 1.41. The van der Waals surface area contributed by atoms with Crippen LogP contribution >= 0.6 is 22.7 Å². The van der Waals surface area contributed by atoms with E-state index in [1.54, 1.807) is 60.7 Å². The molecule has 48 heavy (non-hydrogen) atoms. The molecule has 3 heterocycles. The Kier molecular flexibility index (Phi) is 7.59. The smallest absolute Gasteiger partial charge is 0.194 e. The second kappa shape index (κ2) is 11.9. The highest BCUT2D eigenvalue weighted by Gasteiger charge is 2.34. The number of fused-ring (bicyclic) bond motifs is 5. The van der Waals surface area contributed by atoms with Crippen molar-refractivity contribution in [2.24, 2.45) is 5.92 Å². The molecule has 9 heteroatoms. The van der Waals surface area contributed by atoms with Crippen molar-refractivity contribution in [2.45, 2.75) is 26.8 Å². The zero-order chi connectivity index (χ0) is 33.7. The van der Waals surface area contributed by atoms with E-state index in [0.29, 0.717) is 50.5 Å². The van der Waals surface area contributed by atoms with Crippen molar-refractivity contribution in [3.05, 3.63) is 115 Å². The van der Waals surface area contributed by atoms with E-state index in [-0.39, 0.29) is 22.7 Å². The van der Waals surface area contributed by atoms with E-state index >= 15 is 0 Å². The first-order chi connectivity index (χ1) is 23.3. The fourth-order valence-electron chi connectivity index (χ4n) is 6.41. The lowest BCUT2D eigenvalue weighted by molar-refractivity contribution is 0.103. The lowest BCUT2D eigenvalue weighted by atomic mass is 9.99. The van der Waals surface area contributed by atoms with Crippen LogP contribution in [0.1, 0.15) is 61.9 Å². The van der Waals surface area contributed by atoms with E-state index in [4.69, 9.17) is 0 Å².